The molecule has 0 aliphatic rings. The summed E-state index contributed by atoms with van der Waals surface area (Å²) in [6, 6.07) is 3.42. The van der Waals surface area contributed by atoms with Crippen LogP contribution in [0.4, 0.5) is 5.69 Å². The normalized spacial score (nSPS) is 10.6. The van der Waals surface area contributed by atoms with Crippen LogP contribution >= 0.6 is 11.7 Å². The molecule has 0 unspecified atom stereocenters. The molecule has 0 aliphatic carbocycles. The van der Waals surface area contributed by atoms with Crippen molar-refractivity contribution in [1.29, 1.82) is 0 Å². The summed E-state index contributed by atoms with van der Waals surface area (Å²) < 4.78 is 9.98. The first-order valence-corrected chi connectivity index (χ1v) is 7.27. The molecular formula is C13H13N7OS. The van der Waals surface area contributed by atoms with Gasteiger partial charge in [-0.1, -0.05) is 5.21 Å². The van der Waals surface area contributed by atoms with Gasteiger partial charge in [-0.2, -0.15) is 8.75 Å². The second-order valence-corrected chi connectivity index (χ2v) is 5.20. The van der Waals surface area contributed by atoms with Crippen LogP contribution in [0.15, 0.2) is 24.5 Å². The smallest absolute Gasteiger partial charge is 0.278 e. The van der Waals surface area contributed by atoms with Crippen LogP contribution < -0.4 is 5.32 Å². The molecule has 0 saturated heterocycles. The van der Waals surface area contributed by atoms with Gasteiger partial charge in [0.05, 0.1) is 35.4 Å². The third-order valence-corrected chi connectivity index (χ3v) is 3.84. The van der Waals surface area contributed by atoms with Crippen LogP contribution in [0, 0.1) is 13.8 Å². The molecule has 0 aliphatic heterocycles. The molecule has 1 amide bonds. The molecular weight excluding hydrogens is 302 g/mol. The van der Waals surface area contributed by atoms with Crippen LogP contribution in [0.2, 0.25) is 0 Å². The number of pyridine rings is 1. The van der Waals surface area contributed by atoms with Crippen molar-refractivity contribution < 1.29 is 4.79 Å². The molecule has 0 atom stereocenters. The van der Waals surface area contributed by atoms with Gasteiger partial charge in [0, 0.05) is 18.1 Å². The van der Waals surface area contributed by atoms with E-state index in [1.54, 1.807) is 36.1 Å². The van der Waals surface area contributed by atoms with Crippen LogP contribution in [0.1, 0.15) is 27.6 Å². The Hall–Kier alpha value is -2.68. The highest BCUT2D eigenvalue weighted by Gasteiger charge is 2.17. The summed E-state index contributed by atoms with van der Waals surface area (Å²) >= 11 is 1.16. The molecule has 3 heterocycles. The molecule has 0 fully saturated rings. The number of rotatable bonds is 4. The van der Waals surface area contributed by atoms with E-state index < -0.39 is 0 Å². The Morgan fingerprint density at radius 1 is 1.27 bits per heavy atom. The van der Waals surface area contributed by atoms with E-state index in [-0.39, 0.29) is 11.6 Å². The number of amides is 1. The molecule has 9 heteroatoms. The zero-order chi connectivity index (χ0) is 15.5. The first-order valence-electron chi connectivity index (χ1n) is 6.54. The lowest BCUT2D eigenvalue weighted by Crippen LogP contribution is -2.14. The molecule has 0 saturated carbocycles. The molecule has 0 radical (unpaired) electrons. The molecule has 22 heavy (non-hydrogen) atoms. The second kappa shape index (κ2) is 5.98. The highest BCUT2D eigenvalue weighted by molar-refractivity contribution is 6.99. The van der Waals surface area contributed by atoms with E-state index in [1.807, 2.05) is 6.92 Å². The van der Waals surface area contributed by atoms with Crippen LogP contribution in [-0.2, 0) is 6.54 Å². The van der Waals surface area contributed by atoms with Crippen molar-refractivity contribution in [2.45, 2.75) is 20.4 Å². The van der Waals surface area contributed by atoms with Crippen LogP contribution in [0.25, 0.3) is 0 Å². The number of carbonyl (C=O) groups excluding carboxylic acids is 1. The Morgan fingerprint density at radius 2 is 2.05 bits per heavy atom. The molecule has 8 nitrogen and oxygen atoms in total. The van der Waals surface area contributed by atoms with Gasteiger partial charge in [0.25, 0.3) is 5.91 Å². The number of hydrogen-bond acceptors (Lipinski definition) is 7. The van der Waals surface area contributed by atoms with Gasteiger partial charge in [-0.3, -0.25) is 9.78 Å². The van der Waals surface area contributed by atoms with Crippen molar-refractivity contribution in [3.63, 3.8) is 0 Å². The fourth-order valence-corrected chi connectivity index (χ4v) is 2.44. The number of anilines is 1. The van der Waals surface area contributed by atoms with Crippen molar-refractivity contribution >= 4 is 23.3 Å². The number of hydrogen-bond donors (Lipinski definition) is 1. The van der Waals surface area contributed by atoms with Gasteiger partial charge >= 0.3 is 0 Å². The van der Waals surface area contributed by atoms with Crippen LogP contribution in [-0.4, -0.2) is 34.6 Å². The number of aryl methyl sites for hydroxylation is 1. The summed E-state index contributed by atoms with van der Waals surface area (Å²) in [4.78, 5) is 16.1. The van der Waals surface area contributed by atoms with E-state index in [4.69, 9.17) is 0 Å². The lowest BCUT2D eigenvalue weighted by atomic mass is 10.3. The van der Waals surface area contributed by atoms with Gasteiger partial charge < -0.3 is 5.32 Å². The third-order valence-electron chi connectivity index (χ3n) is 3.18. The predicted molar refractivity (Wildman–Crippen MR) is 80.7 cm³/mol. The van der Waals surface area contributed by atoms with E-state index >= 15 is 0 Å². The second-order valence-electron chi connectivity index (χ2n) is 4.67. The van der Waals surface area contributed by atoms with E-state index in [2.05, 4.69) is 29.4 Å². The monoisotopic (exact) mass is 315 g/mol. The zero-order valence-corrected chi connectivity index (χ0v) is 12.8. The summed E-state index contributed by atoms with van der Waals surface area (Å²) in [5, 5.41) is 10.7. The maximum Gasteiger partial charge on any atom is 0.278 e. The Kier molecular flexibility index (Phi) is 3.88. The largest absolute Gasteiger partial charge is 0.320 e. The molecule has 3 aromatic rings. The lowest BCUT2D eigenvalue weighted by Gasteiger charge is -2.04. The number of nitrogens with one attached hydrogen (secondary N) is 1. The highest BCUT2D eigenvalue weighted by atomic mass is 32.1. The molecule has 0 aromatic carbocycles. The molecule has 112 valence electrons. The molecule has 3 rings (SSSR count). The molecule has 3 aromatic heterocycles. The Bertz CT molecular complexity index is 796. The topological polar surface area (TPSA) is 98.5 Å². The fraction of sp³-hybridized carbons (Fsp3) is 0.231. The highest BCUT2D eigenvalue weighted by Crippen LogP contribution is 2.12. The Balaban J connectivity index is 1.78. The average molecular weight is 315 g/mol. The summed E-state index contributed by atoms with van der Waals surface area (Å²) in [5.74, 6) is -0.303. The quantitative estimate of drug-likeness (QED) is 0.782. The third kappa shape index (κ3) is 2.84. The van der Waals surface area contributed by atoms with Gasteiger partial charge in [-0.05, 0) is 26.0 Å². The summed E-state index contributed by atoms with van der Waals surface area (Å²) in [6.45, 7) is 4.14. The number of carbonyl (C=O) groups is 1. The standard InChI is InChI=1S/C13H13N7OS/c1-8-11(18-22-17-8)7-20-9(2)12(16-19-20)13(21)15-10-3-5-14-6-4-10/h3-6H,7H2,1-2H3,(H,14,15,21). The van der Waals surface area contributed by atoms with E-state index in [0.29, 0.717) is 17.9 Å². The molecule has 0 bridgehead atoms. The van der Waals surface area contributed by atoms with E-state index in [1.165, 1.54) is 0 Å². The van der Waals surface area contributed by atoms with Crippen molar-refractivity contribution in [3.05, 3.63) is 47.3 Å². The SMILES string of the molecule is Cc1nsnc1Cn1nnc(C(=O)Nc2ccncc2)c1C. The average Bonchev–Trinajstić information content (AvgIpc) is 3.08. The van der Waals surface area contributed by atoms with Crippen LogP contribution in [0.3, 0.4) is 0 Å². The molecule has 1 N–H and O–H groups in total. The van der Waals surface area contributed by atoms with E-state index in [9.17, 15) is 4.79 Å². The van der Waals surface area contributed by atoms with Gasteiger partial charge in [0.2, 0.25) is 0 Å². The minimum Gasteiger partial charge on any atom is -0.320 e. The maximum atomic E-state index is 12.2. The Morgan fingerprint density at radius 3 is 2.73 bits per heavy atom. The summed E-state index contributed by atoms with van der Waals surface area (Å²) in [7, 11) is 0. The Labute approximate surface area is 130 Å². The van der Waals surface area contributed by atoms with Gasteiger partial charge in [-0.25, -0.2) is 4.68 Å². The first kappa shape index (κ1) is 14.3. The lowest BCUT2D eigenvalue weighted by molar-refractivity contribution is 0.102. The predicted octanol–water partition coefficient (Wildman–Crippen LogP) is 1.44. The van der Waals surface area contributed by atoms with Crippen molar-refractivity contribution in [3.8, 4) is 0 Å². The van der Waals surface area contributed by atoms with Crippen molar-refractivity contribution in [2.24, 2.45) is 0 Å². The van der Waals surface area contributed by atoms with Crippen molar-refractivity contribution in [2.75, 3.05) is 5.32 Å². The van der Waals surface area contributed by atoms with Gasteiger partial charge in [0.15, 0.2) is 5.69 Å². The zero-order valence-electron chi connectivity index (χ0n) is 12.0. The maximum absolute atomic E-state index is 12.2. The minimum absolute atomic E-state index is 0.289. The van der Waals surface area contributed by atoms with Crippen LogP contribution in [0.5, 0.6) is 0 Å². The molecule has 0 spiro atoms. The fourth-order valence-electron chi connectivity index (χ4n) is 1.88. The van der Waals surface area contributed by atoms with Gasteiger partial charge in [-0.15, -0.1) is 5.10 Å². The number of aromatic nitrogens is 6. The summed E-state index contributed by atoms with van der Waals surface area (Å²) in [5.41, 5.74) is 3.33. The first-order chi connectivity index (χ1) is 10.6. The van der Waals surface area contributed by atoms with E-state index in [0.717, 1.165) is 23.1 Å². The van der Waals surface area contributed by atoms with Gasteiger partial charge in [0.1, 0.15) is 0 Å². The number of nitrogens with zero attached hydrogens (tertiary/aromatic N) is 6. The minimum atomic E-state index is -0.303. The van der Waals surface area contributed by atoms with Crippen molar-refractivity contribution in [1.82, 2.24) is 28.7 Å². The summed E-state index contributed by atoms with van der Waals surface area (Å²) in [6.07, 6.45) is 3.22.